The Bertz CT molecular complexity index is 546. The highest BCUT2D eigenvalue weighted by Gasteiger charge is 2.13. The van der Waals surface area contributed by atoms with Crippen molar-refractivity contribution in [3.8, 4) is 11.3 Å². The molecule has 0 amide bonds. The second-order valence-electron chi connectivity index (χ2n) is 4.41. The van der Waals surface area contributed by atoms with Crippen LogP contribution in [0.4, 0.5) is 5.82 Å². The zero-order chi connectivity index (χ0) is 13.1. The maximum Gasteiger partial charge on any atom is 0.133 e. The summed E-state index contributed by atoms with van der Waals surface area (Å²) in [4.78, 5) is 10.4. The van der Waals surface area contributed by atoms with Crippen molar-refractivity contribution in [2.75, 3.05) is 11.9 Å². The summed E-state index contributed by atoms with van der Waals surface area (Å²) in [5.74, 6) is 1.78. The molecule has 0 saturated carbocycles. The van der Waals surface area contributed by atoms with Gasteiger partial charge in [0.25, 0.3) is 0 Å². The van der Waals surface area contributed by atoms with E-state index < -0.39 is 0 Å². The van der Waals surface area contributed by atoms with Crippen molar-refractivity contribution in [1.82, 2.24) is 9.97 Å². The molecule has 2 aromatic rings. The average Bonchev–Trinajstić information content (AvgIpc) is 2.76. The number of nitrogens with zero attached hydrogens (tertiary/aromatic N) is 2. The predicted octanol–water partition coefficient (Wildman–Crippen LogP) is 3.95. The quantitative estimate of drug-likeness (QED) is 0.905. The van der Waals surface area contributed by atoms with Gasteiger partial charge in [0.05, 0.1) is 5.69 Å². The minimum Gasteiger partial charge on any atom is -0.370 e. The van der Waals surface area contributed by atoms with Crippen LogP contribution >= 0.6 is 11.3 Å². The molecule has 2 rings (SSSR count). The molecule has 0 radical (unpaired) electrons. The fourth-order valence-corrected chi connectivity index (χ4v) is 2.64. The van der Waals surface area contributed by atoms with Gasteiger partial charge < -0.3 is 5.32 Å². The number of nitrogens with one attached hydrogen (secondary N) is 1. The molecule has 0 aromatic carbocycles. The zero-order valence-electron chi connectivity index (χ0n) is 11.4. The molecule has 2 aromatic heterocycles. The SMILES string of the molecule is CCCNc1nc(C)nc(-c2ccsc2C)c1C. The molecule has 4 heteroatoms. The van der Waals surface area contributed by atoms with Crippen molar-refractivity contribution >= 4 is 17.2 Å². The molecule has 2 heterocycles. The highest BCUT2D eigenvalue weighted by molar-refractivity contribution is 7.10. The highest BCUT2D eigenvalue weighted by atomic mass is 32.1. The molecule has 3 nitrogen and oxygen atoms in total. The van der Waals surface area contributed by atoms with Crippen molar-refractivity contribution in [1.29, 1.82) is 0 Å². The Morgan fingerprint density at radius 3 is 2.61 bits per heavy atom. The number of hydrogen-bond acceptors (Lipinski definition) is 4. The van der Waals surface area contributed by atoms with E-state index in [9.17, 15) is 0 Å². The molecule has 1 N–H and O–H groups in total. The summed E-state index contributed by atoms with van der Waals surface area (Å²) >= 11 is 1.76. The number of aryl methyl sites for hydroxylation is 2. The third-order valence-electron chi connectivity index (χ3n) is 2.91. The largest absolute Gasteiger partial charge is 0.370 e. The smallest absolute Gasteiger partial charge is 0.133 e. The molecule has 0 aliphatic carbocycles. The minimum atomic E-state index is 0.819. The third kappa shape index (κ3) is 2.53. The van der Waals surface area contributed by atoms with E-state index in [1.165, 1.54) is 10.4 Å². The summed E-state index contributed by atoms with van der Waals surface area (Å²) in [6, 6.07) is 2.14. The first-order valence-corrected chi connectivity index (χ1v) is 7.15. The summed E-state index contributed by atoms with van der Waals surface area (Å²) < 4.78 is 0. The van der Waals surface area contributed by atoms with Gasteiger partial charge in [0.1, 0.15) is 11.6 Å². The average molecular weight is 261 g/mol. The lowest BCUT2D eigenvalue weighted by Gasteiger charge is -2.12. The Labute approximate surface area is 112 Å². The molecule has 0 aliphatic heterocycles. The van der Waals surface area contributed by atoms with E-state index in [1.807, 2.05) is 6.92 Å². The van der Waals surface area contributed by atoms with Crippen molar-refractivity contribution < 1.29 is 0 Å². The van der Waals surface area contributed by atoms with Crippen LogP contribution in [0.15, 0.2) is 11.4 Å². The molecule has 96 valence electrons. The van der Waals surface area contributed by atoms with Crippen LogP contribution in [0.5, 0.6) is 0 Å². The van der Waals surface area contributed by atoms with Crippen molar-refractivity contribution in [3.63, 3.8) is 0 Å². The lowest BCUT2D eigenvalue weighted by Crippen LogP contribution is -2.07. The first-order valence-electron chi connectivity index (χ1n) is 6.27. The molecule has 0 aliphatic rings. The highest BCUT2D eigenvalue weighted by Crippen LogP contribution is 2.30. The van der Waals surface area contributed by atoms with E-state index >= 15 is 0 Å². The van der Waals surface area contributed by atoms with Gasteiger partial charge in [-0.1, -0.05) is 6.92 Å². The van der Waals surface area contributed by atoms with Crippen LogP contribution < -0.4 is 5.32 Å². The van der Waals surface area contributed by atoms with Gasteiger partial charge in [-0.05, 0) is 38.6 Å². The van der Waals surface area contributed by atoms with Gasteiger partial charge in [-0.3, -0.25) is 0 Å². The standard InChI is InChI=1S/C14H19N3S/c1-5-7-15-14-9(2)13(16-11(4)17-14)12-6-8-18-10(12)3/h6,8H,5,7H2,1-4H3,(H,15,16,17). The van der Waals surface area contributed by atoms with E-state index in [4.69, 9.17) is 0 Å². The second-order valence-corrected chi connectivity index (χ2v) is 5.53. The van der Waals surface area contributed by atoms with E-state index in [2.05, 4.69) is 47.5 Å². The topological polar surface area (TPSA) is 37.8 Å². The van der Waals surface area contributed by atoms with Crippen LogP contribution in [-0.4, -0.2) is 16.5 Å². The van der Waals surface area contributed by atoms with Crippen LogP contribution in [0.25, 0.3) is 11.3 Å². The molecule has 0 bridgehead atoms. The van der Waals surface area contributed by atoms with Gasteiger partial charge in [-0.25, -0.2) is 9.97 Å². The summed E-state index contributed by atoms with van der Waals surface area (Å²) in [6.45, 7) is 9.27. The number of rotatable bonds is 4. The van der Waals surface area contributed by atoms with Crippen molar-refractivity contribution in [2.45, 2.75) is 34.1 Å². The summed E-state index contributed by atoms with van der Waals surface area (Å²) in [5.41, 5.74) is 3.41. The van der Waals surface area contributed by atoms with Gasteiger partial charge >= 0.3 is 0 Å². The first-order chi connectivity index (χ1) is 8.63. The van der Waals surface area contributed by atoms with Crippen LogP contribution in [0.1, 0.15) is 29.6 Å². The Morgan fingerprint density at radius 1 is 1.22 bits per heavy atom. The molecular weight excluding hydrogens is 242 g/mol. The van der Waals surface area contributed by atoms with E-state index in [0.717, 1.165) is 35.9 Å². The van der Waals surface area contributed by atoms with Gasteiger partial charge in [0, 0.05) is 22.5 Å². The normalized spacial score (nSPS) is 10.7. The molecule has 18 heavy (non-hydrogen) atoms. The molecule has 0 spiro atoms. The summed E-state index contributed by atoms with van der Waals surface area (Å²) in [5, 5.41) is 5.49. The maximum absolute atomic E-state index is 4.60. The first kappa shape index (κ1) is 13.0. The Kier molecular flexibility index (Phi) is 3.97. The summed E-state index contributed by atoms with van der Waals surface area (Å²) in [6.07, 6.45) is 1.09. The maximum atomic E-state index is 4.60. The Hall–Kier alpha value is -1.42. The van der Waals surface area contributed by atoms with Gasteiger partial charge in [-0.15, -0.1) is 11.3 Å². The predicted molar refractivity (Wildman–Crippen MR) is 78.3 cm³/mol. The molecule has 0 unspecified atom stereocenters. The van der Waals surface area contributed by atoms with Crippen molar-refractivity contribution in [2.24, 2.45) is 0 Å². The summed E-state index contributed by atoms with van der Waals surface area (Å²) in [7, 11) is 0. The lowest BCUT2D eigenvalue weighted by atomic mass is 10.1. The van der Waals surface area contributed by atoms with Crippen LogP contribution in [0, 0.1) is 20.8 Å². The van der Waals surface area contributed by atoms with Gasteiger partial charge in [-0.2, -0.15) is 0 Å². The van der Waals surface area contributed by atoms with Gasteiger partial charge in [0.2, 0.25) is 0 Å². The van der Waals surface area contributed by atoms with Crippen LogP contribution in [0.3, 0.4) is 0 Å². The molecule has 0 fully saturated rings. The van der Waals surface area contributed by atoms with Gasteiger partial charge in [0.15, 0.2) is 0 Å². The minimum absolute atomic E-state index is 0.819. The van der Waals surface area contributed by atoms with Crippen LogP contribution in [0.2, 0.25) is 0 Å². The number of hydrogen-bond donors (Lipinski definition) is 1. The number of aromatic nitrogens is 2. The van der Waals surface area contributed by atoms with Crippen molar-refractivity contribution in [3.05, 3.63) is 27.7 Å². The van der Waals surface area contributed by atoms with E-state index in [1.54, 1.807) is 11.3 Å². The molecule has 0 atom stereocenters. The number of thiophene rings is 1. The fraction of sp³-hybridized carbons (Fsp3) is 0.429. The Morgan fingerprint density at radius 2 is 2.00 bits per heavy atom. The van der Waals surface area contributed by atoms with Crippen LogP contribution in [-0.2, 0) is 0 Å². The Balaban J connectivity index is 2.48. The zero-order valence-corrected chi connectivity index (χ0v) is 12.2. The van der Waals surface area contributed by atoms with E-state index in [-0.39, 0.29) is 0 Å². The molecular formula is C14H19N3S. The number of anilines is 1. The second kappa shape index (κ2) is 5.48. The third-order valence-corrected chi connectivity index (χ3v) is 3.76. The monoisotopic (exact) mass is 261 g/mol. The molecule has 0 saturated heterocycles. The van der Waals surface area contributed by atoms with E-state index in [0.29, 0.717) is 0 Å². The fourth-order valence-electron chi connectivity index (χ4n) is 1.94. The lowest BCUT2D eigenvalue weighted by molar-refractivity contribution is 0.948.